The maximum absolute atomic E-state index is 11.0. The highest BCUT2D eigenvalue weighted by Gasteiger charge is 2.04. The number of benzene rings is 1. The summed E-state index contributed by atoms with van der Waals surface area (Å²) in [7, 11) is 1.55. The van der Waals surface area contributed by atoms with Gasteiger partial charge in [0.25, 0.3) is 0 Å². The molecule has 0 saturated heterocycles. The summed E-state index contributed by atoms with van der Waals surface area (Å²) in [5, 5.41) is 0. The minimum absolute atomic E-state index is 0.000784. The lowest BCUT2D eigenvalue weighted by atomic mass is 10.1. The standard InChI is InChI=1S/C11H10O2/c1-4-9-7-10(8(2)12)5-6-11(9)13-3/h1,5-7H,2-3H3. The van der Waals surface area contributed by atoms with Crippen molar-refractivity contribution in [3.05, 3.63) is 29.3 Å². The summed E-state index contributed by atoms with van der Waals surface area (Å²) in [5.41, 5.74) is 1.21. The molecule has 0 heterocycles. The third-order valence-corrected chi connectivity index (χ3v) is 1.76. The second-order valence-electron chi connectivity index (χ2n) is 2.62. The minimum Gasteiger partial charge on any atom is -0.495 e. The molecule has 0 spiro atoms. The van der Waals surface area contributed by atoms with Crippen molar-refractivity contribution in [2.75, 3.05) is 7.11 Å². The van der Waals surface area contributed by atoms with Gasteiger partial charge in [-0.2, -0.15) is 0 Å². The van der Waals surface area contributed by atoms with Gasteiger partial charge in [0.15, 0.2) is 5.78 Å². The van der Waals surface area contributed by atoms with Crippen LogP contribution in [0.15, 0.2) is 18.2 Å². The smallest absolute Gasteiger partial charge is 0.159 e. The van der Waals surface area contributed by atoms with Gasteiger partial charge in [0.2, 0.25) is 0 Å². The third kappa shape index (κ3) is 1.88. The molecule has 0 radical (unpaired) electrons. The summed E-state index contributed by atoms with van der Waals surface area (Å²) in [6, 6.07) is 5.05. The number of ether oxygens (including phenoxy) is 1. The molecular weight excluding hydrogens is 164 g/mol. The van der Waals surface area contributed by atoms with Gasteiger partial charge in [0, 0.05) is 5.56 Å². The van der Waals surface area contributed by atoms with E-state index in [1.807, 2.05) is 0 Å². The molecule has 1 rings (SSSR count). The van der Waals surface area contributed by atoms with Crippen LogP contribution >= 0.6 is 0 Å². The predicted molar refractivity (Wildman–Crippen MR) is 50.9 cm³/mol. The maximum atomic E-state index is 11.0. The Labute approximate surface area is 77.5 Å². The molecule has 2 nitrogen and oxygen atoms in total. The second kappa shape index (κ2) is 3.77. The van der Waals surface area contributed by atoms with Crippen LogP contribution in [-0.2, 0) is 0 Å². The summed E-state index contributed by atoms with van der Waals surface area (Å²) >= 11 is 0. The average molecular weight is 174 g/mol. The molecule has 0 aliphatic carbocycles. The van der Waals surface area contributed by atoms with E-state index >= 15 is 0 Å². The largest absolute Gasteiger partial charge is 0.495 e. The fourth-order valence-electron chi connectivity index (χ4n) is 1.04. The van der Waals surface area contributed by atoms with Crippen LogP contribution in [0.4, 0.5) is 0 Å². The maximum Gasteiger partial charge on any atom is 0.159 e. The Hall–Kier alpha value is -1.75. The van der Waals surface area contributed by atoms with E-state index in [2.05, 4.69) is 5.92 Å². The highest BCUT2D eigenvalue weighted by molar-refractivity contribution is 5.94. The van der Waals surface area contributed by atoms with Gasteiger partial charge >= 0.3 is 0 Å². The van der Waals surface area contributed by atoms with Gasteiger partial charge < -0.3 is 4.74 Å². The number of rotatable bonds is 2. The van der Waals surface area contributed by atoms with Gasteiger partial charge in [-0.1, -0.05) is 5.92 Å². The van der Waals surface area contributed by atoms with Crippen molar-refractivity contribution in [2.24, 2.45) is 0 Å². The van der Waals surface area contributed by atoms with Crippen molar-refractivity contribution in [2.45, 2.75) is 6.92 Å². The Balaban J connectivity index is 3.23. The van der Waals surface area contributed by atoms with E-state index in [-0.39, 0.29) is 5.78 Å². The number of Topliss-reactive ketones (excluding diaryl/α,β-unsaturated/α-hetero) is 1. The summed E-state index contributed by atoms with van der Waals surface area (Å²) in [4.78, 5) is 11.0. The summed E-state index contributed by atoms with van der Waals surface area (Å²) < 4.78 is 5.02. The molecule has 0 atom stereocenters. The van der Waals surface area contributed by atoms with Crippen molar-refractivity contribution in [1.29, 1.82) is 0 Å². The summed E-state index contributed by atoms with van der Waals surface area (Å²) in [6.07, 6.45) is 5.25. The van der Waals surface area contributed by atoms with Crippen LogP contribution in [0.5, 0.6) is 5.75 Å². The van der Waals surface area contributed by atoms with E-state index in [0.29, 0.717) is 16.9 Å². The van der Waals surface area contributed by atoms with Crippen LogP contribution in [0.25, 0.3) is 0 Å². The zero-order valence-corrected chi connectivity index (χ0v) is 7.63. The molecule has 1 aromatic carbocycles. The van der Waals surface area contributed by atoms with E-state index in [9.17, 15) is 4.79 Å². The van der Waals surface area contributed by atoms with Crippen LogP contribution in [0.2, 0.25) is 0 Å². The van der Waals surface area contributed by atoms with Crippen molar-refractivity contribution < 1.29 is 9.53 Å². The monoisotopic (exact) mass is 174 g/mol. The zero-order valence-electron chi connectivity index (χ0n) is 7.63. The number of carbonyl (C=O) groups excluding carboxylic acids is 1. The Morgan fingerprint density at radius 1 is 1.54 bits per heavy atom. The van der Waals surface area contributed by atoms with Crippen LogP contribution in [0, 0.1) is 12.3 Å². The number of carbonyl (C=O) groups is 1. The van der Waals surface area contributed by atoms with Gasteiger partial charge in [0.05, 0.1) is 12.7 Å². The Morgan fingerprint density at radius 2 is 2.23 bits per heavy atom. The predicted octanol–water partition coefficient (Wildman–Crippen LogP) is 1.88. The molecule has 2 heteroatoms. The first-order valence-corrected chi connectivity index (χ1v) is 3.84. The van der Waals surface area contributed by atoms with Gasteiger partial charge in [-0.05, 0) is 25.1 Å². The molecule has 0 saturated carbocycles. The zero-order chi connectivity index (χ0) is 9.84. The Morgan fingerprint density at radius 3 is 2.69 bits per heavy atom. The summed E-state index contributed by atoms with van der Waals surface area (Å²) in [5.74, 6) is 3.08. The Bertz CT molecular complexity index is 372. The lowest BCUT2D eigenvalue weighted by Crippen LogP contribution is -1.94. The van der Waals surface area contributed by atoms with Gasteiger partial charge in [0.1, 0.15) is 5.75 Å². The molecule has 13 heavy (non-hydrogen) atoms. The lowest BCUT2D eigenvalue weighted by molar-refractivity contribution is 0.101. The number of ketones is 1. The first-order valence-electron chi connectivity index (χ1n) is 3.84. The number of hydrogen-bond acceptors (Lipinski definition) is 2. The molecule has 0 aliphatic heterocycles. The first-order chi connectivity index (χ1) is 6.19. The van der Waals surface area contributed by atoms with E-state index in [1.54, 1.807) is 25.3 Å². The number of hydrogen-bond donors (Lipinski definition) is 0. The summed E-state index contributed by atoms with van der Waals surface area (Å²) in [6.45, 7) is 1.50. The first kappa shape index (κ1) is 9.34. The van der Waals surface area contributed by atoms with E-state index in [0.717, 1.165) is 0 Å². The molecule has 0 aromatic heterocycles. The van der Waals surface area contributed by atoms with E-state index in [1.165, 1.54) is 6.92 Å². The van der Waals surface area contributed by atoms with Gasteiger partial charge in [-0.3, -0.25) is 4.79 Å². The molecule has 0 aliphatic rings. The van der Waals surface area contributed by atoms with Crippen molar-refractivity contribution in [3.63, 3.8) is 0 Å². The van der Waals surface area contributed by atoms with Gasteiger partial charge in [-0.25, -0.2) is 0 Å². The number of terminal acetylenes is 1. The van der Waals surface area contributed by atoms with E-state index < -0.39 is 0 Å². The second-order valence-corrected chi connectivity index (χ2v) is 2.62. The number of methoxy groups -OCH3 is 1. The quantitative estimate of drug-likeness (QED) is 0.505. The van der Waals surface area contributed by atoms with E-state index in [4.69, 9.17) is 11.2 Å². The molecule has 0 N–H and O–H groups in total. The molecule has 0 fully saturated rings. The highest BCUT2D eigenvalue weighted by atomic mass is 16.5. The topological polar surface area (TPSA) is 26.3 Å². The molecule has 0 unspecified atom stereocenters. The van der Waals surface area contributed by atoms with Crippen LogP contribution < -0.4 is 4.74 Å². The average Bonchev–Trinajstić information content (AvgIpc) is 2.16. The minimum atomic E-state index is -0.000784. The molecule has 0 amide bonds. The lowest BCUT2D eigenvalue weighted by Gasteiger charge is -2.03. The molecular formula is C11H10O2. The van der Waals surface area contributed by atoms with Crippen LogP contribution in [0.1, 0.15) is 22.8 Å². The normalized spacial score (nSPS) is 9.00. The van der Waals surface area contributed by atoms with Crippen molar-refractivity contribution in [1.82, 2.24) is 0 Å². The fraction of sp³-hybridized carbons (Fsp3) is 0.182. The third-order valence-electron chi connectivity index (χ3n) is 1.76. The van der Waals surface area contributed by atoms with Crippen molar-refractivity contribution >= 4 is 5.78 Å². The molecule has 66 valence electrons. The van der Waals surface area contributed by atoms with Crippen LogP contribution in [0.3, 0.4) is 0 Å². The highest BCUT2D eigenvalue weighted by Crippen LogP contribution is 2.18. The molecule has 1 aromatic rings. The molecule has 0 bridgehead atoms. The van der Waals surface area contributed by atoms with Gasteiger partial charge in [-0.15, -0.1) is 6.42 Å². The SMILES string of the molecule is C#Cc1cc(C(C)=O)ccc1OC. The fourth-order valence-corrected chi connectivity index (χ4v) is 1.04. The Kier molecular flexibility index (Phi) is 2.71. The van der Waals surface area contributed by atoms with Crippen LogP contribution in [-0.4, -0.2) is 12.9 Å². The van der Waals surface area contributed by atoms with Crippen molar-refractivity contribution in [3.8, 4) is 18.1 Å².